The zero-order chi connectivity index (χ0) is 31.1. The minimum Gasteiger partial charge on any atom is -0.507 e. The van der Waals surface area contributed by atoms with Crippen LogP contribution in [0.2, 0.25) is 0 Å². The van der Waals surface area contributed by atoms with Crippen LogP contribution in [0.15, 0.2) is 57.5 Å². The molecule has 0 saturated heterocycles. The van der Waals surface area contributed by atoms with Crippen molar-refractivity contribution >= 4 is 23.3 Å². The van der Waals surface area contributed by atoms with Gasteiger partial charge in [-0.05, 0) is 61.4 Å². The summed E-state index contributed by atoms with van der Waals surface area (Å²) in [5.74, 6) is 0.745. The van der Waals surface area contributed by atoms with E-state index in [0.29, 0.717) is 45.2 Å². The van der Waals surface area contributed by atoms with E-state index in [9.17, 15) is 14.7 Å². The van der Waals surface area contributed by atoms with Crippen LogP contribution in [0.5, 0.6) is 11.5 Å². The highest BCUT2D eigenvalue weighted by atomic mass is 32.1. The lowest BCUT2D eigenvalue weighted by atomic mass is 9.78. The van der Waals surface area contributed by atoms with Gasteiger partial charge >= 0.3 is 0 Å². The summed E-state index contributed by atoms with van der Waals surface area (Å²) in [6.07, 6.45) is 1.87. The summed E-state index contributed by atoms with van der Waals surface area (Å²) in [4.78, 5) is 35.2. The number of phenols is 1. The number of rotatable bonds is 6. The third-order valence-electron chi connectivity index (χ3n) is 7.78. The number of nitrogens with zero attached hydrogens (tertiary/aromatic N) is 3. The number of aromatic hydroxyl groups is 1. The molecule has 1 amide bonds. The lowest BCUT2D eigenvalue weighted by molar-refractivity contribution is -0.127. The maximum Gasteiger partial charge on any atom is 0.271 e. The first kappa shape index (κ1) is 31.3. The molecule has 1 atom stereocenters. The number of fused-ring (bicyclic) bond motifs is 1. The van der Waals surface area contributed by atoms with Gasteiger partial charge in [0.15, 0.2) is 4.80 Å². The fraction of sp³-hybridized carbons (Fsp3) is 0.441. The third-order valence-corrected chi connectivity index (χ3v) is 8.77. The quantitative estimate of drug-likeness (QED) is 0.417. The molecule has 1 aliphatic rings. The van der Waals surface area contributed by atoms with Gasteiger partial charge in [-0.2, -0.15) is 0 Å². The lowest BCUT2D eigenvalue weighted by Gasteiger charge is -2.29. The van der Waals surface area contributed by atoms with Gasteiger partial charge in [-0.3, -0.25) is 14.2 Å². The maximum atomic E-state index is 14.3. The molecule has 0 bridgehead atoms. The number of allylic oxidation sites excluding steroid dienone is 1. The van der Waals surface area contributed by atoms with Crippen LogP contribution < -0.4 is 19.6 Å². The van der Waals surface area contributed by atoms with Crippen molar-refractivity contribution in [1.82, 2.24) is 9.47 Å². The maximum absolute atomic E-state index is 14.3. The number of benzene rings is 2. The van der Waals surface area contributed by atoms with E-state index in [1.165, 1.54) is 11.3 Å². The zero-order valence-electron chi connectivity index (χ0n) is 26.5. The highest BCUT2D eigenvalue weighted by Gasteiger charge is 2.35. The molecule has 0 unspecified atom stereocenters. The van der Waals surface area contributed by atoms with Crippen molar-refractivity contribution < 1.29 is 14.6 Å². The molecular formula is C34H43N3O4S. The van der Waals surface area contributed by atoms with Gasteiger partial charge in [-0.1, -0.05) is 71.1 Å². The molecule has 2 aromatic carbocycles. The van der Waals surface area contributed by atoms with Crippen molar-refractivity contribution in [3.8, 4) is 11.5 Å². The molecule has 7 nitrogen and oxygen atoms in total. The molecule has 2 heterocycles. The van der Waals surface area contributed by atoms with Gasteiger partial charge in [0, 0.05) is 29.8 Å². The Balaban J connectivity index is 2.03. The van der Waals surface area contributed by atoms with Crippen LogP contribution in [-0.4, -0.2) is 40.7 Å². The number of hydrogen-bond acceptors (Lipinski definition) is 6. The van der Waals surface area contributed by atoms with Crippen molar-refractivity contribution in [1.29, 1.82) is 0 Å². The molecule has 42 heavy (non-hydrogen) atoms. The number of phenolic OH excluding ortho intramolecular Hbond substituents is 1. The van der Waals surface area contributed by atoms with Gasteiger partial charge in [0.1, 0.15) is 17.5 Å². The van der Waals surface area contributed by atoms with Crippen LogP contribution in [0.25, 0.3) is 6.08 Å². The Labute approximate surface area is 252 Å². The van der Waals surface area contributed by atoms with Crippen LogP contribution in [0, 0.1) is 0 Å². The normalized spacial score (nSPS) is 15.9. The molecule has 1 aliphatic heterocycles. The van der Waals surface area contributed by atoms with E-state index in [1.807, 2.05) is 63.2 Å². The smallest absolute Gasteiger partial charge is 0.271 e. The van der Waals surface area contributed by atoms with Crippen molar-refractivity contribution in [3.05, 3.63) is 89.6 Å². The summed E-state index contributed by atoms with van der Waals surface area (Å²) in [6.45, 7) is 19.2. The van der Waals surface area contributed by atoms with Crippen molar-refractivity contribution in [3.63, 3.8) is 0 Å². The molecule has 8 heteroatoms. The minimum atomic E-state index is -0.692. The van der Waals surface area contributed by atoms with Crippen LogP contribution >= 0.6 is 11.3 Å². The average Bonchev–Trinajstić information content (AvgIpc) is 3.22. The number of aromatic nitrogens is 1. The van der Waals surface area contributed by atoms with Gasteiger partial charge < -0.3 is 14.7 Å². The summed E-state index contributed by atoms with van der Waals surface area (Å²) >= 11 is 1.30. The Kier molecular flexibility index (Phi) is 8.61. The molecule has 1 N–H and O–H groups in total. The first-order valence-corrected chi connectivity index (χ1v) is 15.3. The fourth-order valence-corrected chi connectivity index (χ4v) is 6.54. The number of carbonyl (C=O) groups excluding carboxylic acids is 1. The molecule has 224 valence electrons. The summed E-state index contributed by atoms with van der Waals surface area (Å²) < 4.78 is 7.85. The van der Waals surface area contributed by atoms with Gasteiger partial charge in [-0.15, -0.1) is 0 Å². The standard InChI is InChI=1S/C34H43N3O4S/c1-11-36(12-2)31(40)27-20(3)35-32-37(28(27)22-15-13-14-16-25(22)41-10)30(39)26(42-32)19-21-17-23(33(4,5)6)29(38)24(18-21)34(7,8)9/h13-19,28,38H,11-12H2,1-10H3/b26-19+/t28-/m1/s1. The molecule has 0 aliphatic carbocycles. The number of thiazole rings is 1. The van der Waals surface area contributed by atoms with E-state index in [1.54, 1.807) is 16.6 Å². The number of para-hydroxylation sites is 1. The average molecular weight is 590 g/mol. The van der Waals surface area contributed by atoms with E-state index >= 15 is 0 Å². The number of hydrogen-bond donors (Lipinski definition) is 1. The summed E-state index contributed by atoms with van der Waals surface area (Å²) in [7, 11) is 1.59. The molecular weight excluding hydrogens is 546 g/mol. The largest absolute Gasteiger partial charge is 0.507 e. The Hall–Kier alpha value is -3.65. The van der Waals surface area contributed by atoms with Gasteiger partial charge in [-0.25, -0.2) is 4.99 Å². The number of likely N-dealkylation sites (N-methyl/N-ethyl adjacent to an activating group) is 1. The molecule has 3 aromatic rings. The third kappa shape index (κ3) is 5.69. The second kappa shape index (κ2) is 11.6. The number of amides is 1. The minimum absolute atomic E-state index is 0.144. The lowest BCUT2D eigenvalue weighted by Crippen LogP contribution is -2.43. The summed E-state index contributed by atoms with van der Waals surface area (Å²) in [5.41, 5.74) is 3.43. The van der Waals surface area contributed by atoms with E-state index in [0.717, 1.165) is 22.3 Å². The summed E-state index contributed by atoms with van der Waals surface area (Å²) in [6, 6.07) is 10.7. The first-order chi connectivity index (χ1) is 19.6. The monoisotopic (exact) mass is 589 g/mol. The van der Waals surface area contributed by atoms with Crippen LogP contribution in [0.4, 0.5) is 0 Å². The molecule has 0 spiro atoms. The topological polar surface area (TPSA) is 84.1 Å². The van der Waals surface area contributed by atoms with Gasteiger partial charge in [0.05, 0.1) is 22.9 Å². The number of methoxy groups -OCH3 is 1. The van der Waals surface area contributed by atoms with Crippen LogP contribution in [-0.2, 0) is 15.6 Å². The van der Waals surface area contributed by atoms with E-state index in [4.69, 9.17) is 9.73 Å². The van der Waals surface area contributed by atoms with Crippen LogP contribution in [0.1, 0.15) is 90.6 Å². The highest BCUT2D eigenvalue weighted by molar-refractivity contribution is 7.07. The SMILES string of the molecule is CCN(CC)C(=O)C1=C(C)N=c2s/c(=C/c3cc(C(C)(C)C)c(O)c(C(C)(C)C)c3)c(=O)n2[C@@H]1c1ccccc1OC. The highest BCUT2D eigenvalue weighted by Crippen LogP contribution is 2.40. The predicted molar refractivity (Wildman–Crippen MR) is 170 cm³/mol. The molecule has 1 aromatic heterocycles. The molecule has 0 fully saturated rings. The Morgan fingerprint density at radius 1 is 1.07 bits per heavy atom. The molecule has 0 radical (unpaired) electrons. The second-order valence-electron chi connectivity index (χ2n) is 12.8. The Bertz CT molecular complexity index is 1690. The predicted octanol–water partition coefficient (Wildman–Crippen LogP) is 5.41. The van der Waals surface area contributed by atoms with Crippen molar-refractivity contribution in [2.45, 2.75) is 79.2 Å². The molecule has 4 rings (SSSR count). The summed E-state index contributed by atoms with van der Waals surface area (Å²) in [5, 5.41) is 11.2. The first-order valence-electron chi connectivity index (χ1n) is 14.5. The Morgan fingerprint density at radius 2 is 1.64 bits per heavy atom. The van der Waals surface area contributed by atoms with Crippen molar-refractivity contribution in [2.75, 3.05) is 20.2 Å². The van der Waals surface area contributed by atoms with Gasteiger partial charge in [0.25, 0.3) is 11.5 Å². The molecule has 0 saturated carbocycles. The zero-order valence-corrected chi connectivity index (χ0v) is 27.3. The van der Waals surface area contributed by atoms with Crippen molar-refractivity contribution in [2.24, 2.45) is 4.99 Å². The van der Waals surface area contributed by atoms with Gasteiger partial charge in [0.2, 0.25) is 0 Å². The fourth-order valence-electron chi connectivity index (χ4n) is 5.50. The van der Waals surface area contributed by atoms with Crippen LogP contribution in [0.3, 0.4) is 0 Å². The van der Waals surface area contributed by atoms with E-state index in [-0.39, 0.29) is 22.3 Å². The van der Waals surface area contributed by atoms with E-state index < -0.39 is 6.04 Å². The second-order valence-corrected chi connectivity index (χ2v) is 13.8. The Morgan fingerprint density at radius 3 is 2.17 bits per heavy atom. The number of carbonyl (C=O) groups is 1. The van der Waals surface area contributed by atoms with E-state index in [2.05, 4.69) is 41.5 Å². The number of ether oxygens (including phenoxy) is 1.